The van der Waals surface area contributed by atoms with Crippen molar-refractivity contribution in [3.05, 3.63) is 39.8 Å². The molecule has 1 amide bonds. The number of hydrogen-bond donors (Lipinski definition) is 1. The maximum absolute atomic E-state index is 12.0. The molecule has 1 saturated carbocycles. The first-order chi connectivity index (χ1) is 10.6. The van der Waals surface area contributed by atoms with Crippen LogP contribution in [-0.4, -0.2) is 40.6 Å². The van der Waals surface area contributed by atoms with Gasteiger partial charge in [-0.15, -0.1) is 0 Å². The number of H-pyrrole nitrogens is 1. The Morgan fingerprint density at radius 1 is 1.50 bits per heavy atom. The summed E-state index contributed by atoms with van der Waals surface area (Å²) in [6, 6.07) is 3.67. The van der Waals surface area contributed by atoms with Gasteiger partial charge in [-0.1, -0.05) is 0 Å². The van der Waals surface area contributed by atoms with E-state index < -0.39 is 5.97 Å². The highest BCUT2D eigenvalue weighted by Crippen LogP contribution is 2.39. The lowest BCUT2D eigenvalue weighted by Gasteiger charge is -2.16. The van der Waals surface area contributed by atoms with Crippen LogP contribution in [-0.2, 0) is 16.1 Å². The Morgan fingerprint density at radius 2 is 2.32 bits per heavy atom. The molecule has 7 heteroatoms. The lowest BCUT2D eigenvalue weighted by molar-refractivity contribution is -0.133. The number of aromatic amines is 1. The minimum atomic E-state index is -0.569. The van der Waals surface area contributed by atoms with Crippen molar-refractivity contribution in [2.75, 3.05) is 13.7 Å². The third-order valence-electron chi connectivity index (χ3n) is 3.58. The molecule has 1 aliphatic rings. The highest BCUT2D eigenvalue weighted by atomic mass is 32.1. The Hall–Kier alpha value is -2.15. The minimum Gasteiger partial charge on any atom is -0.451 e. The molecule has 0 aliphatic heterocycles. The summed E-state index contributed by atoms with van der Waals surface area (Å²) >= 11 is 1.58. The van der Waals surface area contributed by atoms with E-state index >= 15 is 0 Å². The summed E-state index contributed by atoms with van der Waals surface area (Å²) in [4.78, 5) is 25.4. The van der Waals surface area contributed by atoms with Crippen molar-refractivity contribution in [3.8, 4) is 0 Å². The van der Waals surface area contributed by atoms with Crippen LogP contribution in [0.25, 0.3) is 0 Å². The molecule has 0 bridgehead atoms. The molecule has 116 valence electrons. The van der Waals surface area contributed by atoms with Crippen LogP contribution < -0.4 is 0 Å². The van der Waals surface area contributed by atoms with Crippen LogP contribution in [0.3, 0.4) is 0 Å². The van der Waals surface area contributed by atoms with E-state index in [2.05, 4.69) is 10.2 Å². The molecular weight excluding hydrogens is 302 g/mol. The number of carbonyl (C=O) groups excluding carboxylic acids is 2. The summed E-state index contributed by atoms with van der Waals surface area (Å²) in [5.41, 5.74) is 2.26. The summed E-state index contributed by atoms with van der Waals surface area (Å²) in [6.07, 6.45) is 2.26. The molecule has 0 aromatic carbocycles. The van der Waals surface area contributed by atoms with Gasteiger partial charge in [0.25, 0.3) is 5.91 Å². The normalized spacial score (nSPS) is 13.9. The number of amides is 1. The third-order valence-corrected chi connectivity index (χ3v) is 4.31. The van der Waals surface area contributed by atoms with Crippen LogP contribution in [0.1, 0.15) is 40.5 Å². The molecule has 0 saturated heterocycles. The molecule has 22 heavy (non-hydrogen) atoms. The molecule has 0 spiro atoms. The topological polar surface area (TPSA) is 75.3 Å². The maximum Gasteiger partial charge on any atom is 0.359 e. The Labute approximate surface area is 132 Å². The van der Waals surface area contributed by atoms with Gasteiger partial charge >= 0.3 is 5.97 Å². The number of nitrogens with zero attached hydrogens (tertiary/aromatic N) is 2. The van der Waals surface area contributed by atoms with Crippen LogP contribution in [0.15, 0.2) is 22.9 Å². The zero-order chi connectivity index (χ0) is 15.5. The van der Waals surface area contributed by atoms with E-state index in [0.717, 1.165) is 24.1 Å². The first-order valence-electron chi connectivity index (χ1n) is 7.11. The number of nitrogens with one attached hydrogen (secondary N) is 1. The average molecular weight is 319 g/mol. The van der Waals surface area contributed by atoms with Gasteiger partial charge in [0.05, 0.1) is 0 Å². The van der Waals surface area contributed by atoms with E-state index in [-0.39, 0.29) is 18.2 Å². The Morgan fingerprint density at radius 3 is 3.00 bits per heavy atom. The molecule has 6 nitrogen and oxygen atoms in total. The minimum absolute atomic E-state index is 0.232. The zero-order valence-electron chi connectivity index (χ0n) is 12.2. The maximum atomic E-state index is 12.0. The fourth-order valence-electron chi connectivity index (χ4n) is 2.10. The van der Waals surface area contributed by atoms with Crippen molar-refractivity contribution in [2.45, 2.75) is 25.3 Å². The summed E-state index contributed by atoms with van der Waals surface area (Å²) in [6.45, 7) is 0.235. The summed E-state index contributed by atoms with van der Waals surface area (Å²) in [7, 11) is 1.69. The van der Waals surface area contributed by atoms with Crippen LogP contribution >= 0.6 is 11.3 Å². The van der Waals surface area contributed by atoms with Crippen LogP contribution in [0.2, 0.25) is 0 Å². The standard InChI is InChI=1S/C15H17N3O3S/c1-18(7-10-4-5-22-9-10)14(19)8-21-15(20)13-6-12(16-17-13)11-2-3-11/h4-6,9,11H,2-3,7-8H2,1H3,(H,16,17). The van der Waals surface area contributed by atoms with Crippen LogP contribution in [0.5, 0.6) is 0 Å². The SMILES string of the molecule is CN(Cc1ccsc1)C(=O)COC(=O)c1cc(C2CC2)[nH]n1. The lowest BCUT2D eigenvalue weighted by atomic mass is 10.3. The quantitative estimate of drug-likeness (QED) is 0.828. The molecule has 0 radical (unpaired) electrons. The largest absolute Gasteiger partial charge is 0.451 e. The van der Waals surface area contributed by atoms with E-state index in [4.69, 9.17) is 4.74 Å². The van der Waals surface area contributed by atoms with Crippen molar-refractivity contribution >= 4 is 23.2 Å². The van der Waals surface area contributed by atoms with Gasteiger partial charge in [-0.05, 0) is 41.3 Å². The molecule has 0 atom stereocenters. The molecule has 3 rings (SSSR count). The highest BCUT2D eigenvalue weighted by molar-refractivity contribution is 7.07. The van der Waals surface area contributed by atoms with Gasteiger partial charge < -0.3 is 9.64 Å². The summed E-state index contributed by atoms with van der Waals surface area (Å²) in [5, 5.41) is 10.7. The van der Waals surface area contributed by atoms with Gasteiger partial charge in [0.15, 0.2) is 12.3 Å². The second-order valence-electron chi connectivity index (χ2n) is 5.44. The Balaban J connectivity index is 1.48. The number of thiophene rings is 1. The van der Waals surface area contributed by atoms with Crippen molar-refractivity contribution in [2.24, 2.45) is 0 Å². The van der Waals surface area contributed by atoms with E-state index in [9.17, 15) is 9.59 Å². The second-order valence-corrected chi connectivity index (χ2v) is 6.22. The Bertz CT molecular complexity index is 661. The molecule has 1 aliphatic carbocycles. The third kappa shape index (κ3) is 3.54. The van der Waals surface area contributed by atoms with Crippen molar-refractivity contribution in [1.29, 1.82) is 0 Å². The van der Waals surface area contributed by atoms with Gasteiger partial charge in [0.2, 0.25) is 0 Å². The molecule has 2 aromatic heterocycles. The predicted octanol–water partition coefficient (Wildman–Crippen LogP) is 2.16. The second kappa shape index (κ2) is 6.31. The molecule has 0 unspecified atom stereocenters. The summed E-state index contributed by atoms with van der Waals surface area (Å²) < 4.78 is 5.03. The summed E-state index contributed by atoms with van der Waals surface area (Å²) in [5.74, 6) is -0.314. The number of carbonyl (C=O) groups is 2. The van der Waals surface area contributed by atoms with Crippen LogP contribution in [0, 0.1) is 0 Å². The number of aromatic nitrogens is 2. The molecule has 2 heterocycles. The molecule has 2 aromatic rings. The first-order valence-corrected chi connectivity index (χ1v) is 8.05. The van der Waals surface area contributed by atoms with Crippen molar-refractivity contribution < 1.29 is 14.3 Å². The number of rotatable bonds is 6. The monoisotopic (exact) mass is 319 g/mol. The molecular formula is C15H17N3O3S. The molecule has 1 fully saturated rings. The number of ether oxygens (including phenoxy) is 1. The smallest absolute Gasteiger partial charge is 0.359 e. The van der Waals surface area contributed by atoms with Gasteiger partial charge in [-0.3, -0.25) is 9.89 Å². The fraction of sp³-hybridized carbons (Fsp3) is 0.400. The lowest BCUT2D eigenvalue weighted by Crippen LogP contribution is -2.30. The van der Waals surface area contributed by atoms with E-state index in [1.807, 2.05) is 16.8 Å². The van der Waals surface area contributed by atoms with Gasteiger partial charge in [0, 0.05) is 25.2 Å². The van der Waals surface area contributed by atoms with E-state index in [1.165, 1.54) is 4.90 Å². The van der Waals surface area contributed by atoms with Gasteiger partial charge in [0.1, 0.15) is 0 Å². The molecule has 1 N–H and O–H groups in total. The number of esters is 1. The van der Waals surface area contributed by atoms with Crippen molar-refractivity contribution in [3.63, 3.8) is 0 Å². The average Bonchev–Trinajstić information content (AvgIpc) is 3.02. The fourth-order valence-corrected chi connectivity index (χ4v) is 2.76. The predicted molar refractivity (Wildman–Crippen MR) is 81.6 cm³/mol. The van der Waals surface area contributed by atoms with Crippen molar-refractivity contribution in [1.82, 2.24) is 15.1 Å². The zero-order valence-corrected chi connectivity index (χ0v) is 13.1. The number of hydrogen-bond acceptors (Lipinski definition) is 5. The van der Waals surface area contributed by atoms with Gasteiger partial charge in [-0.25, -0.2) is 4.79 Å². The van der Waals surface area contributed by atoms with E-state index in [1.54, 1.807) is 24.5 Å². The van der Waals surface area contributed by atoms with Gasteiger partial charge in [-0.2, -0.15) is 16.4 Å². The number of likely N-dealkylation sites (N-methyl/N-ethyl adjacent to an activating group) is 1. The highest BCUT2D eigenvalue weighted by Gasteiger charge is 2.27. The first kappa shape index (κ1) is 14.8. The van der Waals surface area contributed by atoms with E-state index in [0.29, 0.717) is 12.5 Å². The van der Waals surface area contributed by atoms with Crippen LogP contribution in [0.4, 0.5) is 0 Å². The Kier molecular flexibility index (Phi) is 4.24.